The molecule has 1 fully saturated rings. The van der Waals surface area contributed by atoms with Gasteiger partial charge in [0.15, 0.2) is 11.5 Å². The zero-order valence-electron chi connectivity index (χ0n) is 12.8. The number of halogens is 1. The Morgan fingerprint density at radius 2 is 1.91 bits per heavy atom. The summed E-state index contributed by atoms with van der Waals surface area (Å²) in [5.41, 5.74) is 6.68. The Bertz CT molecular complexity index is 492. The van der Waals surface area contributed by atoms with Crippen LogP contribution in [0.2, 0.25) is 0 Å². The lowest BCUT2D eigenvalue weighted by Crippen LogP contribution is -2.44. The molecule has 6 nitrogen and oxygen atoms in total. The molecule has 0 bridgehead atoms. The Balaban J connectivity index is 0.00000242. The summed E-state index contributed by atoms with van der Waals surface area (Å²) in [4.78, 5) is 12.2. The average molecular weight is 331 g/mol. The molecular weight excluding hydrogens is 308 g/mol. The van der Waals surface area contributed by atoms with Crippen LogP contribution in [-0.4, -0.2) is 39.4 Å². The summed E-state index contributed by atoms with van der Waals surface area (Å²) in [6.45, 7) is 1.34. The number of ether oxygens (including phenoxy) is 3. The number of hydrogen-bond donors (Lipinski definition) is 2. The number of carbonyl (C=O) groups excluding carboxylic acids is 1. The third-order valence-electron chi connectivity index (χ3n) is 3.73. The maximum atomic E-state index is 12.2. The van der Waals surface area contributed by atoms with Crippen LogP contribution in [-0.2, 0) is 9.53 Å². The first-order valence-corrected chi connectivity index (χ1v) is 7.02. The van der Waals surface area contributed by atoms with Gasteiger partial charge in [-0.05, 0) is 30.9 Å². The Morgan fingerprint density at radius 1 is 1.27 bits per heavy atom. The molecule has 1 aliphatic heterocycles. The lowest BCUT2D eigenvalue weighted by Gasteiger charge is -2.26. The molecule has 1 atom stereocenters. The Kier molecular flexibility index (Phi) is 7.44. The molecular formula is C15H23ClN2O4. The van der Waals surface area contributed by atoms with Crippen LogP contribution in [0.25, 0.3) is 0 Å². The number of rotatable bonds is 5. The van der Waals surface area contributed by atoms with Gasteiger partial charge in [-0.15, -0.1) is 12.4 Å². The van der Waals surface area contributed by atoms with Gasteiger partial charge in [0.2, 0.25) is 5.91 Å². The van der Waals surface area contributed by atoms with E-state index in [0.717, 1.165) is 12.8 Å². The van der Waals surface area contributed by atoms with E-state index in [2.05, 4.69) is 5.32 Å². The van der Waals surface area contributed by atoms with E-state index in [4.69, 9.17) is 19.9 Å². The van der Waals surface area contributed by atoms with Gasteiger partial charge in [0.05, 0.1) is 20.3 Å². The highest BCUT2D eigenvalue weighted by atomic mass is 35.5. The van der Waals surface area contributed by atoms with Crippen molar-refractivity contribution in [2.45, 2.75) is 18.9 Å². The Hall–Kier alpha value is -1.50. The number of methoxy groups -OCH3 is 2. The molecule has 1 saturated heterocycles. The number of nitrogens with two attached hydrogens (primary N) is 1. The van der Waals surface area contributed by atoms with Crippen molar-refractivity contribution in [3.63, 3.8) is 0 Å². The van der Waals surface area contributed by atoms with Crippen LogP contribution in [0.1, 0.15) is 12.8 Å². The van der Waals surface area contributed by atoms with Crippen molar-refractivity contribution in [1.29, 1.82) is 0 Å². The third kappa shape index (κ3) is 4.50. The average Bonchev–Trinajstić information content (AvgIpc) is 2.54. The van der Waals surface area contributed by atoms with Gasteiger partial charge in [0.25, 0.3) is 0 Å². The van der Waals surface area contributed by atoms with Crippen LogP contribution in [0.3, 0.4) is 0 Å². The van der Waals surface area contributed by atoms with Crippen molar-refractivity contribution in [2.24, 2.45) is 11.7 Å². The fraction of sp³-hybridized carbons (Fsp3) is 0.533. The minimum absolute atomic E-state index is 0. The van der Waals surface area contributed by atoms with Gasteiger partial charge in [-0.25, -0.2) is 0 Å². The molecule has 2 rings (SSSR count). The first-order valence-electron chi connectivity index (χ1n) is 7.02. The van der Waals surface area contributed by atoms with Gasteiger partial charge >= 0.3 is 0 Å². The smallest absolute Gasteiger partial charge is 0.241 e. The summed E-state index contributed by atoms with van der Waals surface area (Å²) >= 11 is 0. The molecule has 1 aromatic carbocycles. The minimum Gasteiger partial charge on any atom is -0.493 e. The van der Waals surface area contributed by atoms with Crippen LogP contribution in [0.4, 0.5) is 5.69 Å². The van der Waals surface area contributed by atoms with E-state index in [9.17, 15) is 4.79 Å². The van der Waals surface area contributed by atoms with Crippen molar-refractivity contribution in [1.82, 2.24) is 0 Å². The molecule has 7 heteroatoms. The Labute approximate surface area is 136 Å². The number of nitrogens with one attached hydrogen (secondary N) is 1. The molecule has 3 N–H and O–H groups in total. The largest absolute Gasteiger partial charge is 0.493 e. The van der Waals surface area contributed by atoms with E-state index < -0.39 is 6.04 Å². The number of benzene rings is 1. The molecule has 1 unspecified atom stereocenters. The fourth-order valence-corrected chi connectivity index (χ4v) is 2.43. The fourth-order valence-electron chi connectivity index (χ4n) is 2.43. The second-order valence-corrected chi connectivity index (χ2v) is 5.03. The summed E-state index contributed by atoms with van der Waals surface area (Å²) < 4.78 is 15.7. The molecule has 0 aliphatic carbocycles. The maximum absolute atomic E-state index is 12.2. The maximum Gasteiger partial charge on any atom is 0.241 e. The highest BCUT2D eigenvalue weighted by molar-refractivity contribution is 5.95. The van der Waals surface area contributed by atoms with Crippen LogP contribution in [0.15, 0.2) is 18.2 Å². The van der Waals surface area contributed by atoms with Gasteiger partial charge < -0.3 is 25.3 Å². The topological polar surface area (TPSA) is 82.8 Å². The molecule has 1 heterocycles. The molecule has 0 radical (unpaired) electrons. The van der Waals surface area contributed by atoms with Crippen molar-refractivity contribution in [3.05, 3.63) is 18.2 Å². The minimum atomic E-state index is -0.526. The van der Waals surface area contributed by atoms with Crippen LogP contribution < -0.4 is 20.5 Å². The van der Waals surface area contributed by atoms with E-state index in [1.807, 2.05) is 0 Å². The lowest BCUT2D eigenvalue weighted by molar-refractivity contribution is -0.119. The van der Waals surface area contributed by atoms with Crippen molar-refractivity contribution >= 4 is 24.0 Å². The zero-order valence-corrected chi connectivity index (χ0v) is 13.7. The number of hydrogen-bond acceptors (Lipinski definition) is 5. The molecule has 1 aliphatic rings. The van der Waals surface area contributed by atoms with Crippen molar-refractivity contribution in [3.8, 4) is 11.5 Å². The highest BCUT2D eigenvalue weighted by Crippen LogP contribution is 2.30. The third-order valence-corrected chi connectivity index (χ3v) is 3.73. The van der Waals surface area contributed by atoms with Crippen LogP contribution in [0, 0.1) is 5.92 Å². The van der Waals surface area contributed by atoms with E-state index >= 15 is 0 Å². The van der Waals surface area contributed by atoms with E-state index in [-0.39, 0.29) is 24.2 Å². The Morgan fingerprint density at radius 3 is 2.50 bits per heavy atom. The van der Waals surface area contributed by atoms with E-state index in [1.54, 1.807) is 32.4 Å². The van der Waals surface area contributed by atoms with Crippen LogP contribution >= 0.6 is 12.4 Å². The molecule has 0 aromatic heterocycles. The van der Waals surface area contributed by atoms with Gasteiger partial charge in [0, 0.05) is 25.0 Å². The van der Waals surface area contributed by atoms with Gasteiger partial charge in [0.1, 0.15) is 0 Å². The summed E-state index contributed by atoms with van der Waals surface area (Å²) in [6, 6.07) is 4.69. The number of anilines is 1. The first kappa shape index (κ1) is 18.5. The zero-order chi connectivity index (χ0) is 15.2. The lowest BCUT2D eigenvalue weighted by atomic mass is 9.92. The highest BCUT2D eigenvalue weighted by Gasteiger charge is 2.26. The number of amides is 1. The molecule has 1 aromatic rings. The van der Waals surface area contributed by atoms with E-state index in [0.29, 0.717) is 30.4 Å². The first-order chi connectivity index (χ1) is 10.2. The second-order valence-electron chi connectivity index (χ2n) is 5.03. The van der Waals surface area contributed by atoms with Gasteiger partial charge in [-0.2, -0.15) is 0 Å². The summed E-state index contributed by atoms with van der Waals surface area (Å²) in [6.07, 6.45) is 1.64. The van der Waals surface area contributed by atoms with Gasteiger partial charge in [-0.3, -0.25) is 4.79 Å². The molecule has 1 amide bonds. The normalized spacial score (nSPS) is 16.3. The van der Waals surface area contributed by atoms with Crippen LogP contribution in [0.5, 0.6) is 11.5 Å². The summed E-state index contributed by atoms with van der Waals surface area (Å²) in [7, 11) is 3.12. The summed E-state index contributed by atoms with van der Waals surface area (Å²) in [5.74, 6) is 1.16. The van der Waals surface area contributed by atoms with Crippen molar-refractivity contribution < 1.29 is 19.0 Å². The van der Waals surface area contributed by atoms with E-state index in [1.165, 1.54) is 0 Å². The van der Waals surface area contributed by atoms with Crippen molar-refractivity contribution in [2.75, 3.05) is 32.8 Å². The van der Waals surface area contributed by atoms with Gasteiger partial charge in [-0.1, -0.05) is 0 Å². The quantitative estimate of drug-likeness (QED) is 0.860. The SMILES string of the molecule is COc1ccc(NC(=O)C(N)C2CCOCC2)cc1OC.Cl. The summed E-state index contributed by atoms with van der Waals surface area (Å²) in [5, 5.41) is 2.82. The molecule has 0 saturated carbocycles. The monoisotopic (exact) mass is 330 g/mol. The molecule has 22 heavy (non-hydrogen) atoms. The molecule has 0 spiro atoms. The number of carbonyl (C=O) groups is 1. The molecule has 124 valence electrons. The predicted octanol–water partition coefficient (Wildman–Crippen LogP) is 1.82. The second kappa shape index (κ2) is 8.82. The standard InChI is InChI=1S/C15H22N2O4.ClH/c1-19-12-4-3-11(9-13(12)20-2)17-15(18)14(16)10-5-7-21-8-6-10;/h3-4,9-10,14H,5-8,16H2,1-2H3,(H,17,18);1H. The predicted molar refractivity (Wildman–Crippen MR) is 86.9 cm³/mol.